The molecule has 2 aliphatic rings. The highest BCUT2D eigenvalue weighted by molar-refractivity contribution is 4.90. The number of likely N-dealkylation sites (N-methyl/N-ethyl adjacent to an activating group) is 1. The lowest BCUT2D eigenvalue weighted by Crippen LogP contribution is -2.60. The van der Waals surface area contributed by atoms with Gasteiger partial charge in [-0.25, -0.2) is 0 Å². The van der Waals surface area contributed by atoms with E-state index in [-0.39, 0.29) is 0 Å². The van der Waals surface area contributed by atoms with Crippen LogP contribution in [0, 0.1) is 0 Å². The molecule has 0 amide bonds. The van der Waals surface area contributed by atoms with Crippen molar-refractivity contribution in [1.82, 2.24) is 15.1 Å². The van der Waals surface area contributed by atoms with Crippen LogP contribution in [0.4, 0.5) is 0 Å². The van der Waals surface area contributed by atoms with Crippen molar-refractivity contribution in [2.75, 3.05) is 45.9 Å². The zero-order valence-corrected chi connectivity index (χ0v) is 12.9. The van der Waals surface area contributed by atoms with E-state index in [1.54, 1.807) is 0 Å². The van der Waals surface area contributed by atoms with E-state index >= 15 is 0 Å². The molecule has 2 rings (SSSR count). The average molecular weight is 269 g/mol. The largest absolute Gasteiger partial charge is 0.380 e. The Balaban J connectivity index is 1.85. The van der Waals surface area contributed by atoms with E-state index in [2.05, 4.69) is 35.9 Å². The monoisotopic (exact) mass is 269 g/mol. The highest BCUT2D eigenvalue weighted by Crippen LogP contribution is 2.18. The van der Waals surface area contributed by atoms with Gasteiger partial charge in [-0.05, 0) is 26.3 Å². The number of piperazine rings is 1. The van der Waals surface area contributed by atoms with Gasteiger partial charge < -0.3 is 10.1 Å². The molecule has 0 radical (unpaired) electrons. The molecule has 2 saturated heterocycles. The Labute approximate surface area is 118 Å². The van der Waals surface area contributed by atoms with Crippen molar-refractivity contribution in [3.63, 3.8) is 0 Å². The molecule has 3 atom stereocenters. The summed E-state index contributed by atoms with van der Waals surface area (Å²) in [6.45, 7) is 14.5. The van der Waals surface area contributed by atoms with Crippen molar-refractivity contribution in [2.45, 2.75) is 51.7 Å². The summed E-state index contributed by atoms with van der Waals surface area (Å²) in [4.78, 5) is 5.27. The first-order chi connectivity index (χ1) is 9.26. The quantitative estimate of drug-likeness (QED) is 0.811. The molecule has 0 bridgehead atoms. The molecule has 2 aliphatic heterocycles. The van der Waals surface area contributed by atoms with E-state index < -0.39 is 0 Å². The topological polar surface area (TPSA) is 27.7 Å². The van der Waals surface area contributed by atoms with E-state index in [0.29, 0.717) is 12.1 Å². The molecule has 0 aromatic carbocycles. The van der Waals surface area contributed by atoms with Crippen molar-refractivity contribution in [1.29, 1.82) is 0 Å². The van der Waals surface area contributed by atoms with Gasteiger partial charge in [-0.15, -0.1) is 0 Å². The second-order valence-electron chi connectivity index (χ2n) is 5.92. The van der Waals surface area contributed by atoms with Gasteiger partial charge in [-0.3, -0.25) is 9.80 Å². The summed E-state index contributed by atoms with van der Waals surface area (Å²) in [5.74, 6) is 0. The van der Waals surface area contributed by atoms with E-state index in [0.717, 1.165) is 32.2 Å². The third-order valence-corrected chi connectivity index (χ3v) is 4.82. The highest BCUT2D eigenvalue weighted by atomic mass is 16.5. The Kier molecular flexibility index (Phi) is 6.07. The van der Waals surface area contributed by atoms with Crippen LogP contribution < -0.4 is 5.32 Å². The summed E-state index contributed by atoms with van der Waals surface area (Å²) in [7, 11) is 0. The molecule has 112 valence electrons. The predicted octanol–water partition coefficient (Wildman–Crippen LogP) is 1.17. The van der Waals surface area contributed by atoms with E-state index in [4.69, 9.17) is 4.74 Å². The van der Waals surface area contributed by atoms with Gasteiger partial charge in [0.25, 0.3) is 0 Å². The van der Waals surface area contributed by atoms with E-state index in [1.165, 1.54) is 32.6 Å². The molecule has 19 heavy (non-hydrogen) atoms. The molecule has 0 aliphatic carbocycles. The summed E-state index contributed by atoms with van der Waals surface area (Å²) in [6.07, 6.45) is 2.41. The fourth-order valence-corrected chi connectivity index (χ4v) is 3.35. The Morgan fingerprint density at radius 3 is 2.58 bits per heavy atom. The SMILES string of the molecule is CCNC1CCOCC1N1CCN(C(C)CC)CC1. The summed E-state index contributed by atoms with van der Waals surface area (Å²) < 4.78 is 5.71. The fourth-order valence-electron chi connectivity index (χ4n) is 3.35. The second-order valence-corrected chi connectivity index (χ2v) is 5.92. The van der Waals surface area contributed by atoms with Crippen LogP contribution in [0.2, 0.25) is 0 Å². The normalized spacial score (nSPS) is 32.4. The van der Waals surface area contributed by atoms with Gasteiger partial charge >= 0.3 is 0 Å². The van der Waals surface area contributed by atoms with Gasteiger partial charge in [0.2, 0.25) is 0 Å². The molecule has 0 spiro atoms. The van der Waals surface area contributed by atoms with Gasteiger partial charge in [0.15, 0.2) is 0 Å². The summed E-state index contributed by atoms with van der Waals surface area (Å²) >= 11 is 0. The van der Waals surface area contributed by atoms with E-state index in [9.17, 15) is 0 Å². The van der Waals surface area contributed by atoms with Crippen LogP contribution >= 0.6 is 0 Å². The minimum Gasteiger partial charge on any atom is -0.380 e. The number of rotatable bonds is 5. The zero-order chi connectivity index (χ0) is 13.7. The van der Waals surface area contributed by atoms with Crippen LogP contribution in [0.15, 0.2) is 0 Å². The van der Waals surface area contributed by atoms with Crippen LogP contribution in [0.1, 0.15) is 33.6 Å². The molecule has 2 heterocycles. The predicted molar refractivity (Wildman–Crippen MR) is 79.6 cm³/mol. The minimum atomic E-state index is 0.577. The molecule has 0 saturated carbocycles. The van der Waals surface area contributed by atoms with Gasteiger partial charge in [0.05, 0.1) is 6.61 Å². The van der Waals surface area contributed by atoms with Crippen LogP contribution in [0.5, 0.6) is 0 Å². The third kappa shape index (κ3) is 3.91. The van der Waals surface area contributed by atoms with Gasteiger partial charge in [-0.2, -0.15) is 0 Å². The van der Waals surface area contributed by atoms with Gasteiger partial charge in [0.1, 0.15) is 0 Å². The first kappa shape index (κ1) is 15.2. The fraction of sp³-hybridized carbons (Fsp3) is 1.00. The first-order valence-corrected chi connectivity index (χ1v) is 8.05. The number of nitrogens with zero attached hydrogens (tertiary/aromatic N) is 2. The zero-order valence-electron chi connectivity index (χ0n) is 12.9. The minimum absolute atomic E-state index is 0.577. The number of hydrogen-bond acceptors (Lipinski definition) is 4. The maximum atomic E-state index is 5.71. The molecule has 4 heteroatoms. The Bertz CT molecular complexity index is 252. The third-order valence-electron chi connectivity index (χ3n) is 4.82. The lowest BCUT2D eigenvalue weighted by Gasteiger charge is -2.45. The number of hydrogen-bond donors (Lipinski definition) is 1. The molecule has 0 aromatic heterocycles. The molecular formula is C15H31N3O. The van der Waals surface area contributed by atoms with Crippen LogP contribution in [0.3, 0.4) is 0 Å². The van der Waals surface area contributed by atoms with Gasteiger partial charge in [0, 0.05) is 50.9 Å². The molecular weight excluding hydrogens is 238 g/mol. The lowest BCUT2D eigenvalue weighted by atomic mass is 10.0. The van der Waals surface area contributed by atoms with Crippen LogP contribution in [-0.2, 0) is 4.74 Å². The van der Waals surface area contributed by atoms with Gasteiger partial charge in [-0.1, -0.05) is 13.8 Å². The summed E-state index contributed by atoms with van der Waals surface area (Å²) in [5.41, 5.74) is 0. The van der Waals surface area contributed by atoms with E-state index in [1.807, 2.05) is 0 Å². The van der Waals surface area contributed by atoms with Crippen LogP contribution in [0.25, 0.3) is 0 Å². The molecule has 1 N–H and O–H groups in total. The lowest BCUT2D eigenvalue weighted by molar-refractivity contribution is -0.0240. The van der Waals surface area contributed by atoms with Crippen molar-refractivity contribution in [2.24, 2.45) is 0 Å². The average Bonchev–Trinajstić information content (AvgIpc) is 2.47. The van der Waals surface area contributed by atoms with Crippen LogP contribution in [-0.4, -0.2) is 73.9 Å². The van der Waals surface area contributed by atoms with Crippen molar-refractivity contribution >= 4 is 0 Å². The standard InChI is InChI=1S/C15H31N3O/c1-4-13(3)17-7-9-18(10-8-17)15-12-19-11-6-14(15)16-5-2/h13-16H,4-12H2,1-3H3. The summed E-state index contributed by atoms with van der Waals surface area (Å²) in [6, 6.07) is 1.93. The van der Waals surface area contributed by atoms with Crippen molar-refractivity contribution in [3.05, 3.63) is 0 Å². The second kappa shape index (κ2) is 7.58. The van der Waals surface area contributed by atoms with Crippen molar-refractivity contribution in [3.8, 4) is 0 Å². The molecule has 3 unspecified atom stereocenters. The Hall–Kier alpha value is -0.160. The summed E-state index contributed by atoms with van der Waals surface area (Å²) in [5, 5.41) is 3.64. The molecule has 4 nitrogen and oxygen atoms in total. The smallest absolute Gasteiger partial charge is 0.0637 e. The Morgan fingerprint density at radius 1 is 1.21 bits per heavy atom. The molecule has 0 aromatic rings. The molecule has 2 fully saturated rings. The highest BCUT2D eigenvalue weighted by Gasteiger charge is 2.32. The number of nitrogens with one attached hydrogen (secondary N) is 1. The first-order valence-electron chi connectivity index (χ1n) is 8.05. The number of ether oxygens (including phenoxy) is 1. The maximum Gasteiger partial charge on any atom is 0.0637 e. The Morgan fingerprint density at radius 2 is 1.95 bits per heavy atom. The van der Waals surface area contributed by atoms with Crippen molar-refractivity contribution < 1.29 is 4.74 Å². The maximum absolute atomic E-state index is 5.71.